The van der Waals surface area contributed by atoms with Crippen LogP contribution in [0.25, 0.3) is 0 Å². The second kappa shape index (κ2) is 5.95. The van der Waals surface area contributed by atoms with Crippen molar-refractivity contribution >= 4 is 15.7 Å². The molecule has 0 spiro atoms. The Labute approximate surface area is 99.8 Å². The number of anilines is 1. The highest BCUT2D eigenvalue weighted by Crippen LogP contribution is 2.16. The minimum Gasteiger partial charge on any atom is -0.399 e. The molecule has 0 aliphatic heterocycles. The fraction of sp³-hybridized carbons (Fsp3) is 0.400. The van der Waals surface area contributed by atoms with Crippen LogP contribution in [0.15, 0.2) is 23.1 Å². The van der Waals surface area contributed by atoms with E-state index in [0.717, 1.165) is 12.1 Å². The van der Waals surface area contributed by atoms with Crippen molar-refractivity contribution in [3.05, 3.63) is 24.0 Å². The molecule has 0 saturated carbocycles. The number of hydrogen-bond acceptors (Lipinski definition) is 4. The monoisotopic (exact) mass is 262 g/mol. The van der Waals surface area contributed by atoms with Gasteiger partial charge in [-0.1, -0.05) is 0 Å². The molecule has 96 valence electrons. The van der Waals surface area contributed by atoms with Crippen molar-refractivity contribution in [2.75, 3.05) is 25.5 Å². The van der Waals surface area contributed by atoms with Gasteiger partial charge in [0.2, 0.25) is 10.0 Å². The summed E-state index contributed by atoms with van der Waals surface area (Å²) >= 11 is 0. The molecule has 0 aliphatic rings. The fourth-order valence-corrected chi connectivity index (χ4v) is 2.28. The van der Waals surface area contributed by atoms with E-state index < -0.39 is 20.7 Å². The van der Waals surface area contributed by atoms with E-state index in [0.29, 0.717) is 6.61 Å². The largest absolute Gasteiger partial charge is 0.399 e. The van der Waals surface area contributed by atoms with Crippen molar-refractivity contribution in [2.45, 2.75) is 11.8 Å². The van der Waals surface area contributed by atoms with Gasteiger partial charge in [0.1, 0.15) is 10.7 Å². The molecule has 1 aromatic rings. The number of sulfonamides is 1. The van der Waals surface area contributed by atoms with Gasteiger partial charge in [-0.05, 0) is 25.1 Å². The summed E-state index contributed by atoms with van der Waals surface area (Å²) in [5, 5.41) is 0. The van der Waals surface area contributed by atoms with E-state index in [1.165, 1.54) is 6.07 Å². The summed E-state index contributed by atoms with van der Waals surface area (Å²) in [6, 6.07) is 3.44. The first kappa shape index (κ1) is 13.9. The van der Waals surface area contributed by atoms with Crippen LogP contribution >= 0.6 is 0 Å². The Balaban J connectivity index is 2.76. The molecule has 5 nitrogen and oxygen atoms in total. The van der Waals surface area contributed by atoms with Gasteiger partial charge in [-0.25, -0.2) is 17.5 Å². The van der Waals surface area contributed by atoms with Gasteiger partial charge in [0, 0.05) is 18.8 Å². The molecule has 0 aromatic heterocycles. The molecule has 0 bridgehead atoms. The number of rotatable bonds is 6. The Morgan fingerprint density at radius 2 is 2.18 bits per heavy atom. The topological polar surface area (TPSA) is 81.4 Å². The van der Waals surface area contributed by atoms with E-state index in [1.807, 2.05) is 0 Å². The molecule has 0 aliphatic carbocycles. The summed E-state index contributed by atoms with van der Waals surface area (Å²) in [6.07, 6.45) is 0. The lowest BCUT2D eigenvalue weighted by molar-refractivity contribution is 0.153. The molecule has 0 radical (unpaired) electrons. The molecule has 1 rings (SSSR count). The number of nitrogen functional groups attached to an aromatic ring is 1. The van der Waals surface area contributed by atoms with Crippen molar-refractivity contribution < 1.29 is 17.5 Å². The lowest BCUT2D eigenvalue weighted by Crippen LogP contribution is -2.28. The number of nitrogens with two attached hydrogens (primary N) is 1. The summed E-state index contributed by atoms with van der Waals surface area (Å²) in [7, 11) is -3.85. The lowest BCUT2D eigenvalue weighted by Gasteiger charge is -2.08. The quantitative estimate of drug-likeness (QED) is 0.584. The van der Waals surface area contributed by atoms with Gasteiger partial charge in [0.15, 0.2) is 0 Å². The first-order chi connectivity index (χ1) is 7.97. The number of nitrogens with one attached hydrogen (secondary N) is 1. The van der Waals surface area contributed by atoms with E-state index in [9.17, 15) is 12.8 Å². The Morgan fingerprint density at radius 3 is 2.76 bits per heavy atom. The average molecular weight is 262 g/mol. The van der Waals surface area contributed by atoms with Crippen LogP contribution in [-0.2, 0) is 14.8 Å². The highest BCUT2D eigenvalue weighted by atomic mass is 32.2. The van der Waals surface area contributed by atoms with Gasteiger partial charge in [-0.3, -0.25) is 0 Å². The van der Waals surface area contributed by atoms with Crippen LogP contribution < -0.4 is 10.5 Å². The van der Waals surface area contributed by atoms with Crippen LogP contribution in [0.2, 0.25) is 0 Å². The second-order valence-corrected chi connectivity index (χ2v) is 5.02. The highest BCUT2D eigenvalue weighted by molar-refractivity contribution is 7.89. The molecular weight excluding hydrogens is 247 g/mol. The first-order valence-electron chi connectivity index (χ1n) is 5.10. The van der Waals surface area contributed by atoms with E-state index in [4.69, 9.17) is 10.5 Å². The fourth-order valence-electron chi connectivity index (χ4n) is 1.21. The van der Waals surface area contributed by atoms with Crippen LogP contribution in [0.3, 0.4) is 0 Å². The zero-order valence-corrected chi connectivity index (χ0v) is 10.3. The standard InChI is InChI=1S/C10H15FN2O3S/c1-2-16-6-5-13-17(14,15)10-4-3-8(12)7-9(10)11/h3-4,7,13H,2,5-6,12H2,1H3. The predicted molar refractivity (Wildman–Crippen MR) is 62.5 cm³/mol. The maximum atomic E-state index is 13.4. The zero-order valence-electron chi connectivity index (χ0n) is 9.44. The summed E-state index contributed by atoms with van der Waals surface area (Å²) in [5.41, 5.74) is 5.51. The summed E-state index contributed by atoms with van der Waals surface area (Å²) in [4.78, 5) is -0.414. The third kappa shape index (κ3) is 3.95. The molecule has 0 heterocycles. The molecule has 0 saturated heterocycles. The number of benzene rings is 1. The third-order valence-corrected chi connectivity index (χ3v) is 3.48. The van der Waals surface area contributed by atoms with Crippen LogP contribution in [0, 0.1) is 5.82 Å². The van der Waals surface area contributed by atoms with Gasteiger partial charge in [-0.15, -0.1) is 0 Å². The SMILES string of the molecule is CCOCCNS(=O)(=O)c1ccc(N)cc1F. The summed E-state index contributed by atoms with van der Waals surface area (Å²) in [6.45, 7) is 2.64. The van der Waals surface area contributed by atoms with Gasteiger partial charge in [0.25, 0.3) is 0 Å². The van der Waals surface area contributed by atoms with Crippen LogP contribution in [0.1, 0.15) is 6.92 Å². The predicted octanol–water partition coefficient (Wildman–Crippen LogP) is 0.723. The van der Waals surface area contributed by atoms with E-state index in [1.54, 1.807) is 6.92 Å². The lowest BCUT2D eigenvalue weighted by atomic mass is 10.3. The normalized spacial score (nSPS) is 11.6. The minimum absolute atomic E-state index is 0.0972. The van der Waals surface area contributed by atoms with E-state index in [2.05, 4.69) is 4.72 Å². The second-order valence-electron chi connectivity index (χ2n) is 3.28. The average Bonchev–Trinajstić information content (AvgIpc) is 2.24. The van der Waals surface area contributed by atoms with Crippen LogP contribution in [0.5, 0.6) is 0 Å². The Bertz CT molecular complexity index is 476. The van der Waals surface area contributed by atoms with Crippen LogP contribution in [0.4, 0.5) is 10.1 Å². The molecular formula is C10H15FN2O3S. The van der Waals surface area contributed by atoms with E-state index >= 15 is 0 Å². The molecule has 7 heteroatoms. The van der Waals surface area contributed by atoms with Crippen molar-refractivity contribution in [1.29, 1.82) is 0 Å². The summed E-state index contributed by atoms with van der Waals surface area (Å²) in [5.74, 6) is -0.867. The number of ether oxygens (including phenoxy) is 1. The van der Waals surface area contributed by atoms with Gasteiger partial charge in [0.05, 0.1) is 6.61 Å². The molecule has 17 heavy (non-hydrogen) atoms. The van der Waals surface area contributed by atoms with Crippen molar-refractivity contribution in [3.63, 3.8) is 0 Å². The van der Waals surface area contributed by atoms with Gasteiger partial charge < -0.3 is 10.5 Å². The Morgan fingerprint density at radius 1 is 1.47 bits per heavy atom. The van der Waals surface area contributed by atoms with Crippen molar-refractivity contribution in [3.8, 4) is 0 Å². The number of halogens is 1. The maximum Gasteiger partial charge on any atom is 0.243 e. The van der Waals surface area contributed by atoms with E-state index in [-0.39, 0.29) is 18.8 Å². The third-order valence-electron chi connectivity index (χ3n) is 1.99. The molecule has 0 amide bonds. The van der Waals surface area contributed by atoms with Crippen molar-refractivity contribution in [1.82, 2.24) is 4.72 Å². The zero-order chi connectivity index (χ0) is 12.9. The maximum absolute atomic E-state index is 13.4. The molecule has 0 unspecified atom stereocenters. The van der Waals surface area contributed by atoms with Gasteiger partial charge >= 0.3 is 0 Å². The van der Waals surface area contributed by atoms with Gasteiger partial charge in [-0.2, -0.15) is 0 Å². The minimum atomic E-state index is -3.85. The molecule has 0 atom stereocenters. The first-order valence-corrected chi connectivity index (χ1v) is 6.58. The van der Waals surface area contributed by atoms with Crippen molar-refractivity contribution in [2.24, 2.45) is 0 Å². The molecule has 0 fully saturated rings. The Hall–Kier alpha value is -1.18. The summed E-state index contributed by atoms with van der Waals surface area (Å²) < 4.78 is 44.0. The smallest absolute Gasteiger partial charge is 0.243 e. The number of hydrogen-bond donors (Lipinski definition) is 2. The molecule has 1 aromatic carbocycles. The highest BCUT2D eigenvalue weighted by Gasteiger charge is 2.18. The van der Waals surface area contributed by atoms with Crippen LogP contribution in [-0.4, -0.2) is 28.2 Å². The molecule has 3 N–H and O–H groups in total. The Kier molecular flexibility index (Phi) is 4.86.